The molecule has 2 rings (SSSR count). The van der Waals surface area contributed by atoms with Crippen LogP contribution in [0, 0.1) is 0 Å². The van der Waals surface area contributed by atoms with Crippen LogP contribution in [0.2, 0.25) is 0 Å². The van der Waals surface area contributed by atoms with Gasteiger partial charge in [-0.2, -0.15) is 0 Å². The second-order valence-corrected chi connectivity index (χ2v) is 4.32. The lowest BCUT2D eigenvalue weighted by molar-refractivity contribution is 0.266. The van der Waals surface area contributed by atoms with E-state index >= 15 is 0 Å². The van der Waals surface area contributed by atoms with Crippen LogP contribution in [0.25, 0.3) is 0 Å². The zero-order valence-electron chi connectivity index (χ0n) is 10.1. The molecule has 0 saturated heterocycles. The first-order valence-corrected chi connectivity index (χ1v) is 5.96. The number of aromatic nitrogens is 2. The van der Waals surface area contributed by atoms with Crippen molar-refractivity contribution in [3.63, 3.8) is 0 Å². The molecule has 0 amide bonds. The van der Waals surface area contributed by atoms with Gasteiger partial charge in [-0.3, -0.25) is 0 Å². The first-order valence-electron chi connectivity index (χ1n) is 5.96. The van der Waals surface area contributed by atoms with E-state index in [0.29, 0.717) is 6.04 Å². The smallest absolute Gasteiger partial charge is 0.0951 e. The number of hydrogen-bond acceptors (Lipinski definition) is 2. The Morgan fingerprint density at radius 1 is 1.29 bits per heavy atom. The Kier molecular flexibility index (Phi) is 3.94. The van der Waals surface area contributed by atoms with Gasteiger partial charge >= 0.3 is 0 Å². The minimum atomic E-state index is 0.0513. The lowest BCUT2D eigenvalue weighted by atomic mass is 10.1. The predicted molar refractivity (Wildman–Crippen MR) is 67.6 cm³/mol. The van der Waals surface area contributed by atoms with E-state index in [2.05, 4.69) is 36.2 Å². The average molecular weight is 230 g/mol. The minimum absolute atomic E-state index is 0.0513. The van der Waals surface area contributed by atoms with Gasteiger partial charge in [0.1, 0.15) is 0 Å². The highest BCUT2D eigenvalue weighted by molar-refractivity contribution is 5.14. The molecule has 0 aliphatic rings. The van der Waals surface area contributed by atoms with E-state index in [9.17, 15) is 5.11 Å². The number of rotatable bonds is 5. The van der Waals surface area contributed by atoms with Crippen LogP contribution in [-0.4, -0.2) is 14.7 Å². The summed E-state index contributed by atoms with van der Waals surface area (Å²) in [4.78, 5) is 4.07. The molecule has 0 aliphatic carbocycles. The maximum atomic E-state index is 9.18. The Morgan fingerprint density at radius 2 is 2.06 bits per heavy atom. The largest absolute Gasteiger partial charge is 0.390 e. The van der Waals surface area contributed by atoms with Gasteiger partial charge in [0.05, 0.1) is 24.8 Å². The van der Waals surface area contributed by atoms with Crippen molar-refractivity contribution in [1.82, 2.24) is 9.55 Å². The molecule has 3 nitrogen and oxygen atoms in total. The van der Waals surface area contributed by atoms with E-state index in [1.807, 2.05) is 10.6 Å². The van der Waals surface area contributed by atoms with Crippen molar-refractivity contribution in [2.24, 2.45) is 0 Å². The van der Waals surface area contributed by atoms with Crippen LogP contribution in [0.1, 0.15) is 30.6 Å². The lowest BCUT2D eigenvalue weighted by Gasteiger charge is -2.15. The van der Waals surface area contributed by atoms with Crippen molar-refractivity contribution < 1.29 is 5.11 Å². The summed E-state index contributed by atoms with van der Waals surface area (Å²) in [6.45, 7) is 2.21. The van der Waals surface area contributed by atoms with Gasteiger partial charge in [-0.15, -0.1) is 0 Å². The Hall–Kier alpha value is -1.61. The minimum Gasteiger partial charge on any atom is -0.390 e. The third kappa shape index (κ3) is 2.94. The molecule has 1 aromatic heterocycles. The van der Waals surface area contributed by atoms with Gasteiger partial charge in [-0.05, 0) is 25.3 Å². The first-order chi connectivity index (χ1) is 8.31. The molecular weight excluding hydrogens is 212 g/mol. The van der Waals surface area contributed by atoms with Crippen LogP contribution in [-0.2, 0) is 13.0 Å². The maximum absolute atomic E-state index is 9.18. The Morgan fingerprint density at radius 3 is 2.76 bits per heavy atom. The zero-order chi connectivity index (χ0) is 12.1. The molecule has 1 atom stereocenters. The SMILES string of the molecule is CC(CCc1ccccc1)n1cncc1CO. The molecular formula is C14H18N2O. The number of nitrogens with zero attached hydrogens (tertiary/aromatic N) is 2. The third-order valence-corrected chi connectivity index (χ3v) is 3.08. The van der Waals surface area contributed by atoms with E-state index in [1.54, 1.807) is 12.5 Å². The highest BCUT2D eigenvalue weighted by Crippen LogP contribution is 2.16. The maximum Gasteiger partial charge on any atom is 0.0951 e. The number of aryl methyl sites for hydroxylation is 1. The normalized spacial score (nSPS) is 12.6. The van der Waals surface area contributed by atoms with Gasteiger partial charge < -0.3 is 9.67 Å². The fraction of sp³-hybridized carbons (Fsp3) is 0.357. The van der Waals surface area contributed by atoms with Gasteiger partial charge in [0.15, 0.2) is 0 Å². The fourth-order valence-electron chi connectivity index (χ4n) is 2.01. The van der Waals surface area contributed by atoms with Gasteiger partial charge in [-0.1, -0.05) is 30.3 Å². The highest BCUT2D eigenvalue weighted by Gasteiger charge is 2.08. The van der Waals surface area contributed by atoms with Gasteiger partial charge in [-0.25, -0.2) is 4.98 Å². The topological polar surface area (TPSA) is 38.0 Å². The molecule has 0 spiro atoms. The second kappa shape index (κ2) is 5.64. The Labute approximate surface area is 102 Å². The van der Waals surface area contributed by atoms with Gasteiger partial charge in [0, 0.05) is 6.04 Å². The summed E-state index contributed by atoms with van der Waals surface area (Å²) in [6.07, 6.45) is 5.61. The standard InChI is InChI=1S/C14H18N2O/c1-12(16-11-15-9-14(16)10-17)7-8-13-5-3-2-4-6-13/h2-6,9,11-12,17H,7-8,10H2,1H3. The zero-order valence-corrected chi connectivity index (χ0v) is 10.1. The van der Waals surface area contributed by atoms with Crippen molar-refractivity contribution in [2.75, 3.05) is 0 Å². The monoisotopic (exact) mass is 230 g/mol. The van der Waals surface area contributed by atoms with Crippen molar-refractivity contribution in [2.45, 2.75) is 32.4 Å². The number of benzene rings is 1. The third-order valence-electron chi connectivity index (χ3n) is 3.08. The molecule has 1 heterocycles. The molecule has 1 aromatic carbocycles. The first kappa shape index (κ1) is 11.9. The summed E-state index contributed by atoms with van der Waals surface area (Å²) in [5.41, 5.74) is 2.23. The quantitative estimate of drug-likeness (QED) is 0.857. The summed E-state index contributed by atoms with van der Waals surface area (Å²) in [7, 11) is 0. The summed E-state index contributed by atoms with van der Waals surface area (Å²) >= 11 is 0. The average Bonchev–Trinajstić information content (AvgIpc) is 2.85. The van der Waals surface area contributed by atoms with Gasteiger partial charge in [0.25, 0.3) is 0 Å². The number of hydrogen-bond donors (Lipinski definition) is 1. The molecule has 3 heteroatoms. The fourth-order valence-corrected chi connectivity index (χ4v) is 2.01. The molecule has 1 N–H and O–H groups in total. The summed E-state index contributed by atoms with van der Waals surface area (Å²) in [5, 5.41) is 9.18. The van der Waals surface area contributed by atoms with E-state index in [0.717, 1.165) is 18.5 Å². The van der Waals surface area contributed by atoms with Crippen LogP contribution >= 0.6 is 0 Å². The van der Waals surface area contributed by atoms with Gasteiger partial charge in [0.2, 0.25) is 0 Å². The van der Waals surface area contributed by atoms with E-state index in [1.165, 1.54) is 5.56 Å². The van der Waals surface area contributed by atoms with Crippen molar-refractivity contribution in [1.29, 1.82) is 0 Å². The van der Waals surface area contributed by atoms with Crippen molar-refractivity contribution in [3.05, 3.63) is 54.1 Å². The molecule has 2 aromatic rings. The van der Waals surface area contributed by atoms with Crippen LogP contribution in [0.3, 0.4) is 0 Å². The van der Waals surface area contributed by atoms with Crippen LogP contribution in [0.4, 0.5) is 0 Å². The van der Waals surface area contributed by atoms with Crippen LogP contribution in [0.15, 0.2) is 42.9 Å². The molecule has 90 valence electrons. The van der Waals surface area contributed by atoms with E-state index in [-0.39, 0.29) is 6.61 Å². The predicted octanol–water partition coefficient (Wildman–Crippen LogP) is 2.57. The molecule has 1 unspecified atom stereocenters. The van der Waals surface area contributed by atoms with Crippen molar-refractivity contribution in [3.8, 4) is 0 Å². The molecule has 0 saturated carbocycles. The summed E-state index contributed by atoms with van der Waals surface area (Å²) in [6, 6.07) is 10.8. The molecule has 0 aliphatic heterocycles. The number of imidazole rings is 1. The number of aliphatic hydroxyl groups excluding tert-OH is 1. The molecule has 0 radical (unpaired) electrons. The Balaban J connectivity index is 1.96. The van der Waals surface area contributed by atoms with E-state index in [4.69, 9.17) is 0 Å². The number of aliphatic hydroxyl groups is 1. The molecule has 0 bridgehead atoms. The Bertz CT molecular complexity index is 450. The van der Waals surface area contributed by atoms with Crippen LogP contribution in [0.5, 0.6) is 0 Å². The lowest BCUT2D eigenvalue weighted by Crippen LogP contribution is -2.08. The van der Waals surface area contributed by atoms with Crippen molar-refractivity contribution >= 4 is 0 Å². The summed E-state index contributed by atoms with van der Waals surface area (Å²) in [5.74, 6) is 0. The van der Waals surface area contributed by atoms with E-state index < -0.39 is 0 Å². The second-order valence-electron chi connectivity index (χ2n) is 4.32. The highest BCUT2D eigenvalue weighted by atomic mass is 16.3. The summed E-state index contributed by atoms with van der Waals surface area (Å²) < 4.78 is 2.04. The molecule has 17 heavy (non-hydrogen) atoms. The van der Waals surface area contributed by atoms with Crippen LogP contribution < -0.4 is 0 Å². The molecule has 0 fully saturated rings.